The molecule has 0 spiro atoms. The number of hydrogen-bond donors (Lipinski definition) is 2. The fraction of sp³-hybridized carbons (Fsp3) is 0.278. The van der Waals surface area contributed by atoms with Crippen LogP contribution in [0.15, 0.2) is 35.4 Å². The maximum atomic E-state index is 12.8. The molecule has 3 aromatic rings. The number of aliphatic hydroxyl groups excluding tert-OH is 1. The zero-order valence-corrected chi connectivity index (χ0v) is 14.6. The van der Waals surface area contributed by atoms with Crippen molar-refractivity contribution in [3.8, 4) is 0 Å². The van der Waals surface area contributed by atoms with E-state index in [1.165, 1.54) is 22.2 Å². The summed E-state index contributed by atoms with van der Waals surface area (Å²) in [5, 5.41) is 13.7. The number of aryl methyl sites for hydroxylation is 2. The molecule has 7 heteroatoms. The average Bonchev–Trinajstić information content (AvgIpc) is 3.09. The predicted octanol–water partition coefficient (Wildman–Crippen LogP) is 1.69. The smallest absolute Gasteiger partial charge is 0.262 e. The van der Waals surface area contributed by atoms with Crippen LogP contribution in [0.1, 0.15) is 32.4 Å². The van der Waals surface area contributed by atoms with Crippen molar-refractivity contribution in [3.63, 3.8) is 0 Å². The number of nitrogens with zero attached hydrogens (tertiary/aromatic N) is 2. The summed E-state index contributed by atoms with van der Waals surface area (Å²) in [7, 11) is 1.64. The van der Waals surface area contributed by atoms with E-state index in [2.05, 4.69) is 10.3 Å². The van der Waals surface area contributed by atoms with E-state index >= 15 is 0 Å². The summed E-state index contributed by atoms with van der Waals surface area (Å²) in [5.74, 6) is -0.289. The zero-order chi connectivity index (χ0) is 17.7. The van der Waals surface area contributed by atoms with Crippen molar-refractivity contribution in [1.82, 2.24) is 14.9 Å². The number of nitrogens with one attached hydrogen (secondary N) is 1. The van der Waals surface area contributed by atoms with Crippen molar-refractivity contribution in [2.75, 3.05) is 0 Å². The Labute approximate surface area is 147 Å². The molecule has 6 nitrogen and oxygen atoms in total. The number of aromatic nitrogens is 2. The van der Waals surface area contributed by atoms with Gasteiger partial charge in [0.15, 0.2) is 0 Å². The van der Waals surface area contributed by atoms with Crippen molar-refractivity contribution < 1.29 is 9.90 Å². The molecule has 2 aromatic heterocycles. The lowest BCUT2D eigenvalue weighted by molar-refractivity contribution is 0.0861. The van der Waals surface area contributed by atoms with Crippen LogP contribution in [0.3, 0.4) is 0 Å². The van der Waals surface area contributed by atoms with Crippen LogP contribution in [0.25, 0.3) is 10.2 Å². The molecular formula is C18H17N3O3S. The molecule has 0 unspecified atom stereocenters. The maximum absolute atomic E-state index is 12.8. The second-order valence-corrected chi connectivity index (χ2v) is 7.32. The van der Waals surface area contributed by atoms with Gasteiger partial charge in [-0.1, -0.05) is 24.3 Å². The van der Waals surface area contributed by atoms with Gasteiger partial charge in [-0.05, 0) is 23.6 Å². The maximum Gasteiger partial charge on any atom is 0.262 e. The summed E-state index contributed by atoms with van der Waals surface area (Å²) in [5.41, 5.74) is 2.45. The van der Waals surface area contributed by atoms with E-state index in [9.17, 15) is 14.7 Å². The lowest BCUT2D eigenvalue weighted by atomic mass is 10.1. The second kappa shape index (κ2) is 5.79. The Morgan fingerprint density at radius 1 is 1.40 bits per heavy atom. The molecule has 0 radical (unpaired) electrons. The number of aliphatic hydroxyl groups is 1. The van der Waals surface area contributed by atoms with Crippen molar-refractivity contribution >= 4 is 27.5 Å². The van der Waals surface area contributed by atoms with E-state index < -0.39 is 12.1 Å². The highest BCUT2D eigenvalue weighted by Crippen LogP contribution is 2.33. The standard InChI is InChI=1S/C18H17N3O3S/c1-9-13-17(19-8-21(2)18(13)24)25-15(9)16(23)20-14-11-6-4-3-5-10(11)7-12(14)22/h3-6,8,12,14,22H,7H2,1-2H3,(H,20,23)/t12-,14-/m1/s1. The van der Waals surface area contributed by atoms with Crippen molar-refractivity contribution in [3.05, 3.63) is 62.5 Å². The molecule has 0 bridgehead atoms. The number of hydrogen-bond acceptors (Lipinski definition) is 5. The Balaban J connectivity index is 1.71. The van der Waals surface area contributed by atoms with Gasteiger partial charge in [0.25, 0.3) is 11.5 Å². The van der Waals surface area contributed by atoms with Gasteiger partial charge < -0.3 is 15.0 Å². The molecule has 2 heterocycles. The number of fused-ring (bicyclic) bond motifs is 2. The van der Waals surface area contributed by atoms with Crippen LogP contribution in [0, 0.1) is 6.92 Å². The van der Waals surface area contributed by atoms with Crippen LogP contribution >= 0.6 is 11.3 Å². The number of carbonyl (C=O) groups is 1. The molecular weight excluding hydrogens is 338 g/mol. The van der Waals surface area contributed by atoms with Crippen LogP contribution in [0.2, 0.25) is 0 Å². The number of carbonyl (C=O) groups excluding carboxylic acids is 1. The van der Waals surface area contributed by atoms with Crippen molar-refractivity contribution in [2.45, 2.75) is 25.5 Å². The highest BCUT2D eigenvalue weighted by atomic mass is 32.1. The summed E-state index contributed by atoms with van der Waals surface area (Å²) < 4.78 is 1.40. The van der Waals surface area contributed by atoms with Gasteiger partial charge in [0.05, 0.1) is 28.7 Å². The quantitative estimate of drug-likeness (QED) is 0.733. The molecule has 4 rings (SSSR count). The highest BCUT2D eigenvalue weighted by Gasteiger charge is 2.33. The first-order valence-electron chi connectivity index (χ1n) is 7.99. The largest absolute Gasteiger partial charge is 0.390 e. The number of benzene rings is 1. The second-order valence-electron chi connectivity index (χ2n) is 6.32. The monoisotopic (exact) mass is 355 g/mol. The molecule has 0 fully saturated rings. The van der Waals surface area contributed by atoms with E-state index in [4.69, 9.17) is 0 Å². The Hall–Kier alpha value is -2.51. The topological polar surface area (TPSA) is 84.2 Å². The summed E-state index contributed by atoms with van der Waals surface area (Å²) >= 11 is 1.20. The van der Waals surface area contributed by atoms with Crippen LogP contribution in [-0.4, -0.2) is 26.7 Å². The van der Waals surface area contributed by atoms with Gasteiger partial charge in [0.2, 0.25) is 0 Å². The van der Waals surface area contributed by atoms with Gasteiger partial charge in [0, 0.05) is 13.5 Å². The Bertz CT molecular complexity index is 1050. The Kier molecular flexibility index (Phi) is 3.70. The average molecular weight is 355 g/mol. The normalized spacial score (nSPS) is 19.2. The Morgan fingerprint density at radius 3 is 2.96 bits per heavy atom. The molecule has 25 heavy (non-hydrogen) atoms. The van der Waals surface area contributed by atoms with Gasteiger partial charge >= 0.3 is 0 Å². The molecule has 2 atom stereocenters. The van der Waals surface area contributed by atoms with E-state index in [1.807, 2.05) is 24.3 Å². The molecule has 128 valence electrons. The third-order valence-corrected chi connectivity index (χ3v) is 5.91. The van der Waals surface area contributed by atoms with Gasteiger partial charge in [0.1, 0.15) is 4.83 Å². The summed E-state index contributed by atoms with van der Waals surface area (Å²) in [6.45, 7) is 1.76. The lowest BCUT2D eigenvalue weighted by Crippen LogP contribution is -2.33. The molecule has 0 aliphatic heterocycles. The first-order chi connectivity index (χ1) is 12.0. The molecule has 1 amide bonds. The first kappa shape index (κ1) is 16.0. The minimum absolute atomic E-state index is 0.163. The van der Waals surface area contributed by atoms with E-state index in [0.717, 1.165) is 11.1 Å². The molecule has 0 saturated carbocycles. The molecule has 1 aliphatic carbocycles. The molecule has 1 aliphatic rings. The third-order valence-electron chi connectivity index (χ3n) is 4.71. The van der Waals surface area contributed by atoms with E-state index in [-0.39, 0.29) is 11.5 Å². The van der Waals surface area contributed by atoms with Gasteiger partial charge in [-0.15, -0.1) is 11.3 Å². The fourth-order valence-electron chi connectivity index (χ4n) is 3.38. The lowest BCUT2D eigenvalue weighted by Gasteiger charge is -2.17. The SMILES string of the molecule is Cc1c(C(=O)N[C@@H]2c3ccccc3C[C@H]2O)sc2ncn(C)c(=O)c12. The number of rotatable bonds is 2. The van der Waals surface area contributed by atoms with Gasteiger partial charge in [-0.25, -0.2) is 4.98 Å². The molecule has 1 aromatic carbocycles. The van der Waals surface area contributed by atoms with Crippen LogP contribution in [0.5, 0.6) is 0 Å². The Morgan fingerprint density at radius 2 is 2.16 bits per heavy atom. The van der Waals surface area contributed by atoms with Crippen molar-refractivity contribution in [1.29, 1.82) is 0 Å². The summed E-state index contributed by atoms with van der Waals surface area (Å²) in [6, 6.07) is 7.26. The van der Waals surface area contributed by atoms with Crippen LogP contribution in [-0.2, 0) is 13.5 Å². The van der Waals surface area contributed by atoms with Gasteiger partial charge in [-0.2, -0.15) is 0 Å². The van der Waals surface area contributed by atoms with Crippen molar-refractivity contribution in [2.24, 2.45) is 7.05 Å². The fourth-order valence-corrected chi connectivity index (χ4v) is 4.42. The minimum atomic E-state index is -0.651. The minimum Gasteiger partial charge on any atom is -0.390 e. The van der Waals surface area contributed by atoms with Gasteiger partial charge in [-0.3, -0.25) is 9.59 Å². The summed E-state index contributed by atoms with van der Waals surface area (Å²) in [6.07, 6.45) is 1.33. The predicted molar refractivity (Wildman–Crippen MR) is 96.0 cm³/mol. The third kappa shape index (κ3) is 2.47. The van der Waals surface area contributed by atoms with E-state index in [1.54, 1.807) is 14.0 Å². The summed E-state index contributed by atoms with van der Waals surface area (Å²) in [4.78, 5) is 30.4. The molecule has 2 N–H and O–H groups in total. The van der Waals surface area contributed by atoms with Crippen LogP contribution in [0.4, 0.5) is 0 Å². The van der Waals surface area contributed by atoms with Crippen LogP contribution < -0.4 is 10.9 Å². The zero-order valence-electron chi connectivity index (χ0n) is 13.8. The van der Waals surface area contributed by atoms with E-state index in [0.29, 0.717) is 27.1 Å². The first-order valence-corrected chi connectivity index (χ1v) is 8.80. The number of amides is 1. The highest BCUT2D eigenvalue weighted by molar-refractivity contribution is 7.20. The molecule has 0 saturated heterocycles. The number of thiophene rings is 1.